The van der Waals surface area contributed by atoms with Gasteiger partial charge >= 0.3 is 0 Å². The Kier molecular flexibility index (Phi) is 14.1. The highest BCUT2D eigenvalue weighted by Crippen LogP contribution is 2.17. The van der Waals surface area contributed by atoms with Crippen LogP contribution in [0.2, 0.25) is 0 Å². The molecule has 1 aromatic rings. The molecule has 0 unspecified atom stereocenters. The van der Waals surface area contributed by atoms with Crippen LogP contribution < -0.4 is 37.6 Å². The van der Waals surface area contributed by atoms with E-state index >= 15 is 0 Å². The molecule has 13 heteroatoms. The van der Waals surface area contributed by atoms with Gasteiger partial charge in [-0.25, -0.2) is 5.48 Å². The van der Waals surface area contributed by atoms with Crippen molar-refractivity contribution in [3.8, 4) is 5.75 Å². The summed E-state index contributed by atoms with van der Waals surface area (Å²) in [5, 5.41) is 16.6. The summed E-state index contributed by atoms with van der Waals surface area (Å²) >= 11 is 0. The van der Waals surface area contributed by atoms with E-state index in [2.05, 4.69) is 20.9 Å². The molecule has 206 valence electrons. The standard InChI is InChI=1S/C24H39N7O6/c1-15(21(33)30-19(23(35)27-2)8-5-13-28-24(25)26)29-22(34)17(14-20(32)31-36)7-4-6-16-9-11-18(37-3)12-10-16/h9-12,15,17,19,36H,4-8,13-14H2,1-3H3,(H,27,35)(H,29,34)(H,30,33)(H,31,32)(H4,25,26,28)/t15-,17+,19-/m0/s1. The number of nitrogens with zero attached hydrogens (tertiary/aromatic N) is 1. The molecule has 0 bridgehead atoms. The van der Waals surface area contributed by atoms with Crippen LogP contribution in [0.4, 0.5) is 0 Å². The van der Waals surface area contributed by atoms with Crippen molar-refractivity contribution in [2.24, 2.45) is 22.4 Å². The maximum absolute atomic E-state index is 12.9. The number of rotatable bonds is 16. The van der Waals surface area contributed by atoms with Gasteiger partial charge in [-0.3, -0.25) is 29.4 Å². The largest absolute Gasteiger partial charge is 0.497 e. The first-order valence-electron chi connectivity index (χ1n) is 12.0. The van der Waals surface area contributed by atoms with E-state index in [1.807, 2.05) is 24.3 Å². The Morgan fingerprint density at radius 1 is 1.00 bits per heavy atom. The summed E-state index contributed by atoms with van der Waals surface area (Å²) in [4.78, 5) is 53.4. The molecule has 0 fully saturated rings. The third kappa shape index (κ3) is 12.1. The number of nitrogens with one attached hydrogen (secondary N) is 4. The van der Waals surface area contributed by atoms with E-state index in [9.17, 15) is 19.2 Å². The highest BCUT2D eigenvalue weighted by Gasteiger charge is 2.27. The lowest BCUT2D eigenvalue weighted by atomic mass is 9.95. The van der Waals surface area contributed by atoms with Crippen LogP contribution in [0.15, 0.2) is 29.3 Å². The zero-order valence-corrected chi connectivity index (χ0v) is 21.6. The molecule has 0 aliphatic heterocycles. The lowest BCUT2D eigenvalue weighted by Gasteiger charge is -2.22. The molecule has 37 heavy (non-hydrogen) atoms. The molecule has 0 aliphatic carbocycles. The van der Waals surface area contributed by atoms with Crippen LogP contribution in [-0.2, 0) is 25.6 Å². The fraction of sp³-hybridized carbons (Fsp3) is 0.542. The Balaban J connectivity index is 2.72. The van der Waals surface area contributed by atoms with E-state index in [-0.39, 0.29) is 18.8 Å². The van der Waals surface area contributed by atoms with E-state index in [1.165, 1.54) is 14.0 Å². The molecule has 0 spiro atoms. The van der Waals surface area contributed by atoms with Crippen LogP contribution >= 0.6 is 0 Å². The van der Waals surface area contributed by atoms with Crippen molar-refractivity contribution in [3.05, 3.63) is 29.8 Å². The number of nitrogens with two attached hydrogens (primary N) is 2. The number of ether oxygens (including phenoxy) is 1. The Morgan fingerprint density at radius 3 is 2.24 bits per heavy atom. The number of guanidine groups is 1. The maximum Gasteiger partial charge on any atom is 0.244 e. The maximum atomic E-state index is 12.9. The fourth-order valence-electron chi connectivity index (χ4n) is 3.58. The van der Waals surface area contributed by atoms with Crippen molar-refractivity contribution >= 4 is 29.6 Å². The first-order valence-corrected chi connectivity index (χ1v) is 12.0. The Bertz CT molecular complexity index is 919. The molecular weight excluding hydrogens is 482 g/mol. The lowest BCUT2D eigenvalue weighted by molar-refractivity contribution is -0.136. The van der Waals surface area contributed by atoms with Crippen LogP contribution in [0.1, 0.15) is 44.6 Å². The molecule has 0 saturated carbocycles. The molecule has 4 amide bonds. The molecule has 0 saturated heterocycles. The van der Waals surface area contributed by atoms with Crippen molar-refractivity contribution in [1.29, 1.82) is 0 Å². The first kappa shape index (κ1) is 31.2. The van der Waals surface area contributed by atoms with Gasteiger partial charge in [0.25, 0.3) is 0 Å². The van der Waals surface area contributed by atoms with Gasteiger partial charge in [0.05, 0.1) is 7.11 Å². The number of methoxy groups -OCH3 is 1. The monoisotopic (exact) mass is 521 g/mol. The molecule has 1 rings (SSSR count). The van der Waals surface area contributed by atoms with E-state index in [0.29, 0.717) is 32.2 Å². The smallest absolute Gasteiger partial charge is 0.244 e. The number of aryl methyl sites for hydroxylation is 1. The molecule has 0 aliphatic rings. The van der Waals surface area contributed by atoms with E-state index in [0.717, 1.165) is 11.3 Å². The minimum Gasteiger partial charge on any atom is -0.497 e. The van der Waals surface area contributed by atoms with Crippen molar-refractivity contribution in [1.82, 2.24) is 21.4 Å². The minimum absolute atomic E-state index is 0.0645. The summed E-state index contributed by atoms with van der Waals surface area (Å²) in [5.41, 5.74) is 13.2. The van der Waals surface area contributed by atoms with Crippen molar-refractivity contribution < 1.29 is 29.1 Å². The summed E-state index contributed by atoms with van der Waals surface area (Å²) in [6, 6.07) is 5.70. The first-order chi connectivity index (χ1) is 17.6. The zero-order chi connectivity index (χ0) is 27.8. The van der Waals surface area contributed by atoms with Gasteiger partial charge in [-0.05, 0) is 56.7 Å². The summed E-state index contributed by atoms with van der Waals surface area (Å²) in [6.45, 7) is 1.78. The highest BCUT2D eigenvalue weighted by molar-refractivity contribution is 5.93. The number of hydrogen-bond donors (Lipinski definition) is 7. The van der Waals surface area contributed by atoms with Gasteiger partial charge in [-0.15, -0.1) is 0 Å². The average Bonchev–Trinajstić information content (AvgIpc) is 2.89. The minimum atomic E-state index is -0.973. The van der Waals surface area contributed by atoms with E-state index in [1.54, 1.807) is 12.6 Å². The van der Waals surface area contributed by atoms with Gasteiger partial charge in [0.15, 0.2) is 5.96 Å². The molecule has 9 N–H and O–H groups in total. The number of aliphatic imine (C=N–C) groups is 1. The number of carbonyl (C=O) groups is 4. The van der Waals surface area contributed by atoms with Crippen LogP contribution in [0.25, 0.3) is 0 Å². The Hall–Kier alpha value is -3.87. The fourth-order valence-corrected chi connectivity index (χ4v) is 3.58. The number of amides is 4. The van der Waals surface area contributed by atoms with Crippen molar-refractivity contribution in [2.75, 3.05) is 20.7 Å². The summed E-state index contributed by atoms with van der Waals surface area (Å²) in [5.74, 6) is -2.27. The number of carbonyl (C=O) groups excluding carboxylic acids is 4. The molecule has 13 nitrogen and oxygen atoms in total. The summed E-state index contributed by atoms with van der Waals surface area (Å²) < 4.78 is 5.14. The second-order valence-corrected chi connectivity index (χ2v) is 8.53. The van der Waals surface area contributed by atoms with Gasteiger partial charge in [-0.2, -0.15) is 0 Å². The molecule has 0 heterocycles. The molecule has 0 radical (unpaired) electrons. The SMILES string of the molecule is CNC(=O)[C@H](CCCN=C(N)N)NC(=O)[C@H](C)NC(=O)[C@H](CCCc1ccc(OC)cc1)CC(=O)NO. The molecule has 1 aromatic carbocycles. The van der Waals surface area contributed by atoms with Crippen molar-refractivity contribution in [2.45, 2.75) is 57.5 Å². The van der Waals surface area contributed by atoms with Gasteiger partial charge in [0.2, 0.25) is 23.6 Å². The zero-order valence-electron chi connectivity index (χ0n) is 21.6. The van der Waals surface area contributed by atoms with Crippen LogP contribution in [0.5, 0.6) is 5.75 Å². The van der Waals surface area contributed by atoms with Crippen LogP contribution in [-0.4, -0.2) is 67.6 Å². The second kappa shape index (κ2) is 16.7. The predicted octanol–water partition coefficient (Wildman–Crippen LogP) is -0.681. The second-order valence-electron chi connectivity index (χ2n) is 8.53. The van der Waals surface area contributed by atoms with Gasteiger partial charge in [-0.1, -0.05) is 12.1 Å². The molecule has 0 aromatic heterocycles. The van der Waals surface area contributed by atoms with E-state index in [4.69, 9.17) is 21.4 Å². The summed E-state index contributed by atoms with van der Waals surface area (Å²) in [6.07, 6.45) is 2.10. The van der Waals surface area contributed by atoms with Crippen LogP contribution in [0.3, 0.4) is 0 Å². The van der Waals surface area contributed by atoms with Crippen molar-refractivity contribution in [3.63, 3.8) is 0 Å². The third-order valence-electron chi connectivity index (χ3n) is 5.68. The average molecular weight is 522 g/mol. The lowest BCUT2D eigenvalue weighted by Crippen LogP contribution is -2.53. The summed E-state index contributed by atoms with van der Waals surface area (Å²) in [7, 11) is 3.03. The van der Waals surface area contributed by atoms with E-state index < -0.39 is 41.6 Å². The van der Waals surface area contributed by atoms with Gasteiger partial charge in [0.1, 0.15) is 17.8 Å². The number of benzene rings is 1. The number of likely N-dealkylation sites (N-methyl/N-ethyl adjacent to an activating group) is 1. The van der Waals surface area contributed by atoms with Gasteiger partial charge < -0.3 is 32.2 Å². The molecular formula is C24H39N7O6. The third-order valence-corrected chi connectivity index (χ3v) is 5.68. The number of hydrogen-bond acceptors (Lipinski definition) is 7. The van der Waals surface area contributed by atoms with Gasteiger partial charge in [0, 0.05) is 25.9 Å². The number of hydroxylamine groups is 1. The topological polar surface area (TPSA) is 210 Å². The quantitative estimate of drug-likeness (QED) is 0.0486. The van der Waals surface area contributed by atoms with Crippen LogP contribution in [0, 0.1) is 5.92 Å². The normalized spacial score (nSPS) is 12.9. The Labute approximate surface area is 216 Å². The predicted molar refractivity (Wildman–Crippen MR) is 137 cm³/mol. The Morgan fingerprint density at radius 2 is 1.68 bits per heavy atom. The highest BCUT2D eigenvalue weighted by atomic mass is 16.5. The molecule has 3 atom stereocenters.